The molecule has 0 radical (unpaired) electrons. The number of hydrogen-bond acceptors (Lipinski definition) is 4. The Bertz CT molecular complexity index is 807. The van der Waals surface area contributed by atoms with Crippen LogP contribution in [0.4, 0.5) is 14.5 Å². The summed E-state index contributed by atoms with van der Waals surface area (Å²) in [7, 11) is 0. The number of nitrogens with one attached hydrogen (secondary N) is 1. The van der Waals surface area contributed by atoms with Gasteiger partial charge in [-0.15, -0.1) is 0 Å². The van der Waals surface area contributed by atoms with Gasteiger partial charge in [0.05, 0.1) is 4.92 Å². The van der Waals surface area contributed by atoms with Crippen molar-refractivity contribution < 1.29 is 23.2 Å². The molecule has 2 aromatic carbocycles. The molecule has 0 spiro atoms. The van der Waals surface area contributed by atoms with Crippen LogP contribution in [0.15, 0.2) is 42.5 Å². The van der Waals surface area contributed by atoms with Crippen molar-refractivity contribution in [2.24, 2.45) is 0 Å². The molecule has 0 unspecified atom stereocenters. The zero-order chi connectivity index (χ0) is 18.0. The lowest BCUT2D eigenvalue weighted by molar-refractivity contribution is -0.386. The van der Waals surface area contributed by atoms with Crippen LogP contribution in [0.2, 0.25) is 0 Å². The lowest BCUT2D eigenvalue weighted by Gasteiger charge is -2.19. The van der Waals surface area contributed by atoms with Crippen molar-refractivity contribution in [3.63, 3.8) is 0 Å². The molecule has 1 amide bonds. The number of carbonyl (C=O) groups excluding carboxylic acids is 1. The van der Waals surface area contributed by atoms with Crippen LogP contribution in [0.3, 0.4) is 0 Å². The fraction of sp³-hybridized carbons (Fsp3) is 0.235. The second-order valence-corrected chi connectivity index (χ2v) is 5.70. The number of ether oxygens (including phenoxy) is 1. The third-order valence-electron chi connectivity index (χ3n) is 3.70. The fourth-order valence-corrected chi connectivity index (χ4v) is 2.28. The van der Waals surface area contributed by atoms with Crippen LogP contribution in [-0.4, -0.2) is 16.9 Å². The van der Waals surface area contributed by atoms with Crippen LogP contribution in [-0.2, 0) is 4.79 Å². The number of nitrogens with zero attached hydrogens (tertiary/aromatic N) is 1. The smallest absolute Gasteiger partial charge is 0.311 e. The van der Waals surface area contributed by atoms with E-state index in [9.17, 15) is 23.7 Å². The van der Waals surface area contributed by atoms with Crippen molar-refractivity contribution in [3.05, 3.63) is 69.8 Å². The normalized spacial score (nSPS) is 14.6. The first kappa shape index (κ1) is 16.8. The first-order valence-electron chi connectivity index (χ1n) is 7.60. The molecule has 130 valence electrons. The molecule has 0 saturated heterocycles. The van der Waals surface area contributed by atoms with Gasteiger partial charge in [-0.25, -0.2) is 8.78 Å². The molecule has 8 heteroatoms. The first-order valence-corrected chi connectivity index (χ1v) is 7.60. The largest absolute Gasteiger partial charge is 0.468 e. The Morgan fingerprint density at radius 1 is 1.16 bits per heavy atom. The minimum absolute atomic E-state index is 0.0292. The first-order chi connectivity index (χ1) is 11.9. The van der Waals surface area contributed by atoms with Crippen LogP contribution in [0.5, 0.6) is 5.75 Å². The number of benzene rings is 2. The van der Waals surface area contributed by atoms with Gasteiger partial charge >= 0.3 is 5.69 Å². The Morgan fingerprint density at radius 2 is 1.80 bits per heavy atom. The second-order valence-electron chi connectivity index (χ2n) is 5.70. The maximum Gasteiger partial charge on any atom is 0.311 e. The van der Waals surface area contributed by atoms with Crippen LogP contribution < -0.4 is 10.1 Å². The molecule has 0 aromatic heterocycles. The van der Waals surface area contributed by atoms with E-state index in [4.69, 9.17) is 4.74 Å². The van der Waals surface area contributed by atoms with Gasteiger partial charge in [-0.05, 0) is 31.0 Å². The molecule has 1 saturated carbocycles. The van der Waals surface area contributed by atoms with Gasteiger partial charge in [0.15, 0.2) is 0 Å². The highest BCUT2D eigenvalue weighted by atomic mass is 19.1. The summed E-state index contributed by atoms with van der Waals surface area (Å²) in [6.45, 7) is 0. The topological polar surface area (TPSA) is 81.5 Å². The monoisotopic (exact) mass is 348 g/mol. The third-order valence-corrected chi connectivity index (χ3v) is 3.70. The molecule has 3 rings (SSSR count). The highest BCUT2D eigenvalue weighted by Crippen LogP contribution is 2.32. The predicted octanol–water partition coefficient (Wildman–Crippen LogP) is 3.27. The molecular formula is C17H14F2N2O4. The Morgan fingerprint density at radius 3 is 2.40 bits per heavy atom. The number of nitro benzene ring substituents is 1. The molecule has 0 bridgehead atoms. The second kappa shape index (κ2) is 6.84. The summed E-state index contributed by atoms with van der Waals surface area (Å²) >= 11 is 0. The summed E-state index contributed by atoms with van der Waals surface area (Å²) in [6.07, 6.45) is 0.408. The molecule has 1 atom stereocenters. The van der Waals surface area contributed by atoms with Gasteiger partial charge in [-0.3, -0.25) is 14.9 Å². The molecule has 6 nitrogen and oxygen atoms in total. The Kier molecular flexibility index (Phi) is 4.60. The summed E-state index contributed by atoms with van der Waals surface area (Å²) in [6, 6.07) is 7.76. The number of carbonyl (C=O) groups is 1. The van der Waals surface area contributed by atoms with Crippen LogP contribution in [0.25, 0.3) is 0 Å². The van der Waals surface area contributed by atoms with E-state index in [0.717, 1.165) is 43.2 Å². The summed E-state index contributed by atoms with van der Waals surface area (Å²) in [5.74, 6) is -2.12. The number of hydrogen-bond donors (Lipinski definition) is 1. The lowest BCUT2D eigenvalue weighted by atomic mass is 10.1. The maximum atomic E-state index is 13.5. The minimum atomic E-state index is -1.26. The standard InChI is InChI=1S/C17H14F2N2O4/c18-11-3-1-10(2-4-11)16(17(22)20-13-6-7-13)25-15-9-12(19)5-8-14(15)21(23)24/h1-5,8-9,13,16H,6-7H2,(H,20,22)/t16-/m0/s1. The lowest BCUT2D eigenvalue weighted by Crippen LogP contribution is -2.34. The molecule has 0 aliphatic heterocycles. The molecule has 25 heavy (non-hydrogen) atoms. The van der Waals surface area contributed by atoms with Crippen molar-refractivity contribution in [3.8, 4) is 5.75 Å². The van der Waals surface area contributed by atoms with Crippen LogP contribution >= 0.6 is 0 Å². The molecule has 2 aromatic rings. The zero-order valence-electron chi connectivity index (χ0n) is 12.9. The number of nitro groups is 1. The number of rotatable bonds is 6. The van der Waals surface area contributed by atoms with E-state index in [1.165, 1.54) is 12.1 Å². The van der Waals surface area contributed by atoms with Crippen molar-refractivity contribution in [2.75, 3.05) is 0 Å². The quantitative estimate of drug-likeness (QED) is 0.642. The Hall–Kier alpha value is -3.03. The van der Waals surface area contributed by atoms with E-state index in [0.29, 0.717) is 5.56 Å². The summed E-state index contributed by atoms with van der Waals surface area (Å²) in [5, 5.41) is 13.8. The Labute approximate surface area is 141 Å². The van der Waals surface area contributed by atoms with Gasteiger partial charge in [0.2, 0.25) is 11.9 Å². The molecule has 1 aliphatic carbocycles. The minimum Gasteiger partial charge on any atom is -0.468 e. The third kappa shape index (κ3) is 4.09. The molecule has 1 aliphatic rings. The fourth-order valence-electron chi connectivity index (χ4n) is 2.28. The molecular weight excluding hydrogens is 334 g/mol. The summed E-state index contributed by atoms with van der Waals surface area (Å²) < 4.78 is 32.1. The van der Waals surface area contributed by atoms with E-state index < -0.39 is 34.3 Å². The van der Waals surface area contributed by atoms with Crippen molar-refractivity contribution in [2.45, 2.75) is 25.0 Å². The van der Waals surface area contributed by atoms with Gasteiger partial charge < -0.3 is 10.1 Å². The van der Waals surface area contributed by atoms with Gasteiger partial charge in [0.25, 0.3) is 5.91 Å². The van der Waals surface area contributed by atoms with Crippen LogP contribution in [0, 0.1) is 21.7 Å². The van der Waals surface area contributed by atoms with E-state index in [2.05, 4.69) is 5.32 Å². The molecule has 1 fully saturated rings. The average Bonchev–Trinajstić information content (AvgIpc) is 3.37. The predicted molar refractivity (Wildman–Crippen MR) is 84.0 cm³/mol. The summed E-state index contributed by atoms with van der Waals surface area (Å²) in [5.41, 5.74) is -0.161. The van der Waals surface area contributed by atoms with Gasteiger partial charge in [0, 0.05) is 23.7 Å². The highest BCUT2D eigenvalue weighted by molar-refractivity contribution is 5.83. The zero-order valence-corrected chi connectivity index (χ0v) is 12.9. The van der Waals surface area contributed by atoms with Crippen molar-refractivity contribution >= 4 is 11.6 Å². The highest BCUT2D eigenvalue weighted by Gasteiger charge is 2.31. The maximum absolute atomic E-state index is 13.5. The summed E-state index contributed by atoms with van der Waals surface area (Å²) in [4.78, 5) is 22.8. The Balaban J connectivity index is 1.94. The van der Waals surface area contributed by atoms with E-state index >= 15 is 0 Å². The van der Waals surface area contributed by atoms with E-state index in [1.54, 1.807) is 0 Å². The van der Waals surface area contributed by atoms with E-state index in [-0.39, 0.29) is 11.8 Å². The van der Waals surface area contributed by atoms with Crippen molar-refractivity contribution in [1.29, 1.82) is 0 Å². The SMILES string of the molecule is O=C(NC1CC1)[C@@H](Oc1cc(F)ccc1[N+](=O)[O-])c1ccc(F)cc1. The van der Waals surface area contributed by atoms with Crippen LogP contribution in [0.1, 0.15) is 24.5 Å². The molecule has 1 N–H and O–H groups in total. The van der Waals surface area contributed by atoms with Gasteiger partial charge in [-0.2, -0.15) is 0 Å². The van der Waals surface area contributed by atoms with E-state index in [1.807, 2.05) is 0 Å². The van der Waals surface area contributed by atoms with Gasteiger partial charge in [0.1, 0.15) is 11.6 Å². The number of halogens is 2. The average molecular weight is 348 g/mol. The number of amides is 1. The van der Waals surface area contributed by atoms with Gasteiger partial charge in [-0.1, -0.05) is 12.1 Å². The molecule has 0 heterocycles. The van der Waals surface area contributed by atoms with Crippen molar-refractivity contribution in [1.82, 2.24) is 5.32 Å².